The van der Waals surface area contributed by atoms with E-state index in [0.717, 1.165) is 5.56 Å². The number of benzene rings is 2. The molecule has 1 fully saturated rings. The second-order valence-corrected chi connectivity index (χ2v) is 14.8. The van der Waals surface area contributed by atoms with Crippen LogP contribution in [0.5, 0.6) is 5.75 Å². The molecule has 5 aromatic rings. The van der Waals surface area contributed by atoms with Crippen LogP contribution in [-0.4, -0.2) is 72.2 Å². The fraction of sp³-hybridized carbons (Fsp3) is 0.382. The molecule has 0 aliphatic carbocycles. The van der Waals surface area contributed by atoms with Gasteiger partial charge < -0.3 is 18.9 Å². The van der Waals surface area contributed by atoms with Gasteiger partial charge in [-0.15, -0.1) is 11.3 Å². The molecule has 1 N–H and O–H groups in total. The molecule has 15 heteroatoms. The van der Waals surface area contributed by atoms with Crippen molar-refractivity contribution >= 4 is 62.6 Å². The molecule has 256 valence electrons. The van der Waals surface area contributed by atoms with Gasteiger partial charge in [0.15, 0.2) is 11.2 Å². The van der Waals surface area contributed by atoms with E-state index in [1.54, 1.807) is 39.6 Å². The molecular weight excluding hydrogens is 692 g/mol. The number of imidazole rings is 1. The molecule has 49 heavy (non-hydrogen) atoms. The highest BCUT2D eigenvalue weighted by molar-refractivity contribution is 7.13. The van der Waals surface area contributed by atoms with Crippen LogP contribution in [-0.2, 0) is 22.5 Å². The maximum Gasteiger partial charge on any atom is 0.410 e. The number of fused-ring (bicyclic) bond motifs is 2. The Labute approximate surface area is 295 Å². The van der Waals surface area contributed by atoms with Gasteiger partial charge in [-0.1, -0.05) is 35.3 Å². The molecule has 1 saturated heterocycles. The molecule has 2 aromatic carbocycles. The molecule has 3 aromatic heterocycles. The van der Waals surface area contributed by atoms with Crippen molar-refractivity contribution in [3.05, 3.63) is 75.9 Å². The Morgan fingerprint density at radius 3 is 2.57 bits per heavy atom. The fourth-order valence-corrected chi connectivity index (χ4v) is 7.28. The molecule has 11 nitrogen and oxygen atoms in total. The quantitative estimate of drug-likeness (QED) is 0.184. The van der Waals surface area contributed by atoms with E-state index in [4.69, 9.17) is 37.8 Å². The van der Waals surface area contributed by atoms with Crippen molar-refractivity contribution in [3.8, 4) is 16.9 Å². The van der Waals surface area contributed by atoms with E-state index in [1.807, 2.05) is 45.0 Å². The summed E-state index contributed by atoms with van der Waals surface area (Å²) in [5.41, 5.74) is 2.38. The summed E-state index contributed by atoms with van der Waals surface area (Å²) in [6.07, 6.45) is 4.95. The normalized spacial score (nSPS) is 17.3. The van der Waals surface area contributed by atoms with Crippen molar-refractivity contribution < 1.29 is 23.5 Å². The summed E-state index contributed by atoms with van der Waals surface area (Å²) in [7, 11) is 0. The predicted molar refractivity (Wildman–Crippen MR) is 186 cm³/mol. The third-order valence-corrected chi connectivity index (χ3v) is 9.87. The Kier molecular flexibility index (Phi) is 9.01. The van der Waals surface area contributed by atoms with E-state index in [1.165, 1.54) is 16.0 Å². The number of thiazole rings is 1. The first-order valence-electron chi connectivity index (χ1n) is 15.9. The predicted octanol–water partition coefficient (Wildman–Crippen LogP) is 7.56. The molecule has 2 aliphatic heterocycles. The van der Waals surface area contributed by atoms with Gasteiger partial charge >= 0.3 is 6.09 Å². The first-order valence-corrected chi connectivity index (χ1v) is 17.6. The summed E-state index contributed by atoms with van der Waals surface area (Å²) in [4.78, 5) is 36.6. The maximum absolute atomic E-state index is 14.4. The van der Waals surface area contributed by atoms with Crippen LogP contribution in [0, 0.1) is 0 Å². The van der Waals surface area contributed by atoms with Gasteiger partial charge in [0, 0.05) is 66.8 Å². The second-order valence-electron chi connectivity index (χ2n) is 13.2. The zero-order valence-electron chi connectivity index (χ0n) is 27.0. The van der Waals surface area contributed by atoms with Gasteiger partial charge in [-0.3, -0.25) is 14.8 Å². The summed E-state index contributed by atoms with van der Waals surface area (Å²) in [6, 6.07) is 8.29. The average Bonchev–Trinajstić information content (AvgIpc) is 3.86. The van der Waals surface area contributed by atoms with E-state index in [2.05, 4.69) is 15.3 Å². The van der Waals surface area contributed by atoms with Crippen LogP contribution in [0.15, 0.2) is 54.4 Å². The number of amides is 2. The Bertz CT molecular complexity index is 2000. The van der Waals surface area contributed by atoms with E-state index in [0.29, 0.717) is 74.7 Å². The van der Waals surface area contributed by atoms with E-state index >= 15 is 0 Å². The molecule has 5 heterocycles. The Morgan fingerprint density at radius 2 is 1.88 bits per heavy atom. The van der Waals surface area contributed by atoms with Gasteiger partial charge in [0.05, 0.1) is 28.6 Å². The van der Waals surface area contributed by atoms with Gasteiger partial charge in [-0.25, -0.2) is 19.2 Å². The number of hydrogen-bond acceptors (Lipinski definition) is 8. The van der Waals surface area contributed by atoms with Gasteiger partial charge in [-0.05, 0) is 44.5 Å². The molecular formula is C34H34Cl2FN7O4S. The summed E-state index contributed by atoms with van der Waals surface area (Å²) < 4.78 is 29.3. The highest BCUT2D eigenvalue weighted by Crippen LogP contribution is 2.40. The zero-order chi connectivity index (χ0) is 34.4. The van der Waals surface area contributed by atoms with Crippen LogP contribution in [0.2, 0.25) is 10.0 Å². The number of aromatic nitrogens is 5. The lowest BCUT2D eigenvalue weighted by atomic mass is 10.0. The third kappa shape index (κ3) is 6.97. The number of ether oxygens (including phenoxy) is 2. The van der Waals surface area contributed by atoms with E-state index < -0.39 is 23.7 Å². The number of likely N-dealkylation sites (tertiary alicyclic amines) is 1. The monoisotopic (exact) mass is 725 g/mol. The molecule has 0 bridgehead atoms. The SMILES string of the molecule is CC(C)(C)OC(=O)N1CCC(Oc2ccc(-c3cc(Cl)c4cn(C(C(=O)Nc5nccs5)c5ncn6c5C[C@@H](F)C6)nc4c3Cl)cc2)CC1. The van der Waals surface area contributed by atoms with Gasteiger partial charge in [0.1, 0.15) is 29.1 Å². The molecule has 7 rings (SSSR count). The number of alkyl halides is 1. The number of nitrogens with zero attached hydrogens (tertiary/aromatic N) is 6. The molecule has 1 unspecified atom stereocenters. The van der Waals surface area contributed by atoms with Crippen LogP contribution in [0.4, 0.5) is 14.3 Å². The third-order valence-electron chi connectivity index (χ3n) is 8.49. The largest absolute Gasteiger partial charge is 0.490 e. The van der Waals surface area contributed by atoms with Crippen molar-refractivity contribution in [1.82, 2.24) is 29.2 Å². The lowest BCUT2D eigenvalue weighted by molar-refractivity contribution is -0.118. The standard InChI is InChI=1S/C34H34Cl2FN7O4S/c1-34(2,3)48-33(46)42-11-8-22(9-12-42)47-21-6-4-19(5-7-21)23-15-25(35)24-17-44(41-28(24)27(23)36)30(31(45)40-32-38-10-13-49-32)29-26-14-20(37)16-43(26)18-39-29/h4-7,10,13,15,17-18,20,22,30H,8-9,11-12,14,16H2,1-3H3,(H,38,40,45)/t20-,30?/m1/s1. The summed E-state index contributed by atoms with van der Waals surface area (Å²) in [5, 5.41) is 11.1. The van der Waals surface area contributed by atoms with Crippen LogP contribution < -0.4 is 10.1 Å². The molecule has 2 atom stereocenters. The lowest BCUT2D eigenvalue weighted by Gasteiger charge is -2.33. The van der Waals surface area contributed by atoms with Crippen LogP contribution in [0.1, 0.15) is 51.0 Å². The number of anilines is 1. The van der Waals surface area contributed by atoms with Gasteiger partial charge in [-0.2, -0.15) is 5.10 Å². The number of halogens is 3. The van der Waals surface area contributed by atoms with Gasteiger partial charge in [0.2, 0.25) is 0 Å². The number of hydrogen-bond donors (Lipinski definition) is 1. The summed E-state index contributed by atoms with van der Waals surface area (Å²) in [5.74, 6) is 0.273. The smallest absolute Gasteiger partial charge is 0.410 e. The van der Waals surface area contributed by atoms with Crippen LogP contribution in [0.3, 0.4) is 0 Å². The highest BCUT2D eigenvalue weighted by atomic mass is 35.5. The molecule has 0 spiro atoms. The minimum absolute atomic E-state index is 0.0315. The molecule has 0 saturated carbocycles. The number of rotatable bonds is 7. The van der Waals surface area contributed by atoms with Crippen molar-refractivity contribution in [2.45, 2.75) is 70.5 Å². The topological polar surface area (TPSA) is 116 Å². The minimum atomic E-state index is -1.06. The van der Waals surface area contributed by atoms with Crippen molar-refractivity contribution in [1.29, 1.82) is 0 Å². The number of carbonyl (C=O) groups excluding carboxylic acids is 2. The highest BCUT2D eigenvalue weighted by Gasteiger charge is 2.35. The minimum Gasteiger partial charge on any atom is -0.490 e. The Balaban J connectivity index is 1.12. The number of carbonyl (C=O) groups is 2. The second kappa shape index (κ2) is 13.3. The fourth-order valence-electron chi connectivity index (χ4n) is 6.20. The summed E-state index contributed by atoms with van der Waals surface area (Å²) in [6.45, 7) is 6.87. The van der Waals surface area contributed by atoms with E-state index in [9.17, 15) is 14.0 Å². The van der Waals surface area contributed by atoms with Crippen molar-refractivity contribution in [3.63, 3.8) is 0 Å². The maximum atomic E-state index is 14.4. The van der Waals surface area contributed by atoms with E-state index in [-0.39, 0.29) is 25.2 Å². The van der Waals surface area contributed by atoms with Crippen molar-refractivity contribution in [2.24, 2.45) is 0 Å². The van der Waals surface area contributed by atoms with Crippen LogP contribution >= 0.6 is 34.5 Å². The molecule has 2 aliphatic rings. The first-order chi connectivity index (χ1) is 23.4. The van der Waals surface area contributed by atoms with Crippen LogP contribution in [0.25, 0.3) is 22.0 Å². The van der Waals surface area contributed by atoms with Crippen molar-refractivity contribution in [2.75, 3.05) is 18.4 Å². The number of nitrogens with one attached hydrogen (secondary N) is 1. The summed E-state index contributed by atoms with van der Waals surface area (Å²) >= 11 is 15.1. The zero-order valence-corrected chi connectivity index (χ0v) is 29.4. The average molecular weight is 727 g/mol. The molecule has 0 radical (unpaired) electrons. The lowest BCUT2D eigenvalue weighted by Crippen LogP contribution is -2.44. The molecule has 2 amide bonds. The Morgan fingerprint density at radius 1 is 1.12 bits per heavy atom. The van der Waals surface area contributed by atoms with Gasteiger partial charge in [0.25, 0.3) is 5.91 Å². The Hall–Kier alpha value is -4.20. The first kappa shape index (κ1) is 33.3. The number of piperidine rings is 1.